The number of hydrogen-bond acceptors (Lipinski definition) is 5. The summed E-state index contributed by atoms with van der Waals surface area (Å²) in [5, 5.41) is 19.7. The predicted molar refractivity (Wildman–Crippen MR) is 83.9 cm³/mol. The molecule has 2 atom stereocenters. The van der Waals surface area contributed by atoms with Gasteiger partial charge in [0.1, 0.15) is 6.10 Å². The van der Waals surface area contributed by atoms with E-state index in [0.717, 1.165) is 0 Å². The Kier molecular flexibility index (Phi) is 5.62. The predicted octanol–water partition coefficient (Wildman–Crippen LogP) is 1.88. The molecule has 0 fully saturated rings. The van der Waals surface area contributed by atoms with Gasteiger partial charge in [0, 0.05) is 11.1 Å². The lowest BCUT2D eigenvalue weighted by atomic mass is 9.99. The third-order valence-electron chi connectivity index (χ3n) is 3.38. The number of rotatable bonds is 6. The van der Waals surface area contributed by atoms with Gasteiger partial charge in [-0.25, -0.2) is 4.79 Å². The highest BCUT2D eigenvalue weighted by molar-refractivity contribution is 6.08. The van der Waals surface area contributed by atoms with Gasteiger partial charge in [0.25, 0.3) is 0 Å². The summed E-state index contributed by atoms with van der Waals surface area (Å²) >= 11 is 0. The molecule has 5 nitrogen and oxygen atoms in total. The molecule has 0 bridgehead atoms. The molecule has 2 rings (SSSR count). The van der Waals surface area contributed by atoms with Crippen molar-refractivity contribution in [3.05, 3.63) is 71.3 Å². The molecule has 0 aliphatic heterocycles. The lowest BCUT2D eigenvalue weighted by Gasteiger charge is -2.16. The van der Waals surface area contributed by atoms with Gasteiger partial charge < -0.3 is 14.9 Å². The maximum atomic E-state index is 12.3. The smallest absolute Gasteiger partial charge is 0.338 e. The molecule has 0 saturated heterocycles. The molecule has 2 aromatic rings. The highest BCUT2D eigenvalue weighted by atomic mass is 16.5. The molecule has 0 aliphatic carbocycles. The van der Waals surface area contributed by atoms with Crippen molar-refractivity contribution < 1.29 is 24.5 Å². The van der Waals surface area contributed by atoms with Gasteiger partial charge in [0.15, 0.2) is 11.9 Å². The van der Waals surface area contributed by atoms with E-state index in [1.54, 1.807) is 43.3 Å². The fourth-order valence-electron chi connectivity index (χ4n) is 2.13. The molecule has 2 N–H and O–H groups in total. The van der Waals surface area contributed by atoms with Crippen molar-refractivity contribution in [2.24, 2.45) is 0 Å². The summed E-state index contributed by atoms with van der Waals surface area (Å²) < 4.78 is 4.66. The summed E-state index contributed by atoms with van der Waals surface area (Å²) in [7, 11) is 0. The topological polar surface area (TPSA) is 83.8 Å². The minimum Gasteiger partial charge on any atom is -0.464 e. The van der Waals surface area contributed by atoms with Gasteiger partial charge in [-0.05, 0) is 12.5 Å². The van der Waals surface area contributed by atoms with Crippen molar-refractivity contribution in [2.45, 2.75) is 19.1 Å². The fourth-order valence-corrected chi connectivity index (χ4v) is 2.13. The molecule has 0 amide bonds. The van der Waals surface area contributed by atoms with E-state index in [2.05, 4.69) is 4.74 Å². The van der Waals surface area contributed by atoms with Gasteiger partial charge in [-0.15, -0.1) is 0 Å². The second-order valence-electron chi connectivity index (χ2n) is 4.96. The van der Waals surface area contributed by atoms with Crippen molar-refractivity contribution in [3.63, 3.8) is 0 Å². The van der Waals surface area contributed by atoms with Crippen LogP contribution in [0.4, 0.5) is 0 Å². The highest BCUT2D eigenvalue weighted by Gasteiger charge is 2.27. The van der Waals surface area contributed by atoms with Gasteiger partial charge in [-0.2, -0.15) is 0 Å². The molecule has 5 heteroatoms. The van der Waals surface area contributed by atoms with Crippen LogP contribution in [0.2, 0.25) is 0 Å². The monoisotopic (exact) mass is 314 g/mol. The van der Waals surface area contributed by atoms with Crippen LogP contribution in [0, 0.1) is 0 Å². The van der Waals surface area contributed by atoms with Gasteiger partial charge in [-0.1, -0.05) is 54.6 Å². The Morgan fingerprint density at radius 1 is 0.957 bits per heavy atom. The molecule has 120 valence electrons. The van der Waals surface area contributed by atoms with Crippen LogP contribution in [-0.4, -0.2) is 34.7 Å². The summed E-state index contributed by atoms with van der Waals surface area (Å²) in [4.78, 5) is 23.7. The maximum Gasteiger partial charge on any atom is 0.338 e. The molecular weight excluding hydrogens is 296 g/mol. The van der Waals surface area contributed by atoms with E-state index in [1.807, 2.05) is 6.07 Å². The number of hydrogen-bond donors (Lipinski definition) is 2. The van der Waals surface area contributed by atoms with E-state index >= 15 is 0 Å². The van der Waals surface area contributed by atoms with E-state index in [-0.39, 0.29) is 12.4 Å². The zero-order valence-electron chi connectivity index (χ0n) is 12.7. The lowest BCUT2D eigenvalue weighted by Crippen LogP contribution is -2.29. The molecular formula is C18H18O5. The molecule has 0 heterocycles. The van der Waals surface area contributed by atoms with Crippen LogP contribution < -0.4 is 0 Å². The van der Waals surface area contributed by atoms with Gasteiger partial charge in [0.2, 0.25) is 0 Å². The third-order valence-corrected chi connectivity index (χ3v) is 3.38. The second kappa shape index (κ2) is 7.67. The summed E-state index contributed by atoms with van der Waals surface area (Å²) in [6, 6.07) is 14.9. The van der Waals surface area contributed by atoms with E-state index in [0.29, 0.717) is 16.7 Å². The molecule has 0 saturated carbocycles. The van der Waals surface area contributed by atoms with Gasteiger partial charge in [0.05, 0.1) is 6.61 Å². The van der Waals surface area contributed by atoms with Crippen molar-refractivity contribution in [1.82, 2.24) is 0 Å². The second-order valence-corrected chi connectivity index (χ2v) is 4.96. The zero-order chi connectivity index (χ0) is 16.8. The Morgan fingerprint density at radius 3 is 2.09 bits per heavy atom. The standard InChI is InChI=1S/C18H18O5/c1-2-23-18(22)17(21)16(20)14-10-8-13(9-11-14)15(19)12-6-4-3-5-7-12/h3-11,16-17,20-21H,2H2,1H3. The van der Waals surface area contributed by atoms with Crippen molar-refractivity contribution in [2.75, 3.05) is 6.61 Å². The molecule has 2 aromatic carbocycles. The summed E-state index contributed by atoms with van der Waals surface area (Å²) in [5.41, 5.74) is 1.35. The van der Waals surface area contributed by atoms with Crippen LogP contribution in [0.5, 0.6) is 0 Å². The SMILES string of the molecule is CCOC(=O)C(O)C(O)c1ccc(C(=O)c2ccccc2)cc1. The quantitative estimate of drug-likeness (QED) is 0.628. The number of esters is 1. The first-order valence-electron chi connectivity index (χ1n) is 7.27. The van der Waals surface area contributed by atoms with Crippen LogP contribution >= 0.6 is 0 Å². The van der Waals surface area contributed by atoms with E-state index < -0.39 is 18.2 Å². The minimum atomic E-state index is -1.66. The van der Waals surface area contributed by atoms with E-state index in [1.165, 1.54) is 12.1 Å². The third kappa shape index (κ3) is 4.03. The van der Waals surface area contributed by atoms with Crippen molar-refractivity contribution in [3.8, 4) is 0 Å². The normalized spacial score (nSPS) is 13.2. The minimum absolute atomic E-state index is 0.118. The van der Waals surface area contributed by atoms with E-state index in [9.17, 15) is 19.8 Å². The average molecular weight is 314 g/mol. The van der Waals surface area contributed by atoms with E-state index in [4.69, 9.17) is 0 Å². The number of benzene rings is 2. The molecule has 0 aromatic heterocycles. The lowest BCUT2D eigenvalue weighted by molar-refractivity contribution is -0.159. The molecule has 23 heavy (non-hydrogen) atoms. The Bertz CT molecular complexity index is 664. The van der Waals surface area contributed by atoms with Crippen molar-refractivity contribution in [1.29, 1.82) is 0 Å². The first kappa shape index (κ1) is 16.9. The number of aliphatic hydroxyl groups is 2. The van der Waals surface area contributed by atoms with Gasteiger partial charge >= 0.3 is 5.97 Å². The Balaban J connectivity index is 2.13. The molecule has 0 radical (unpaired) electrons. The number of carbonyl (C=O) groups is 2. The van der Waals surface area contributed by atoms with Crippen molar-refractivity contribution >= 4 is 11.8 Å². The fraction of sp³-hybridized carbons (Fsp3) is 0.222. The number of carbonyl (C=O) groups excluding carboxylic acids is 2. The van der Waals surface area contributed by atoms with Crippen LogP contribution in [0.25, 0.3) is 0 Å². The summed E-state index contributed by atoms with van der Waals surface area (Å²) in [6.07, 6.45) is -3.07. The zero-order valence-corrected chi connectivity index (χ0v) is 12.7. The van der Waals surface area contributed by atoms with Gasteiger partial charge in [-0.3, -0.25) is 4.79 Å². The Hall–Kier alpha value is -2.50. The number of ether oxygens (including phenoxy) is 1. The van der Waals surface area contributed by atoms with Crippen LogP contribution in [-0.2, 0) is 9.53 Å². The van der Waals surface area contributed by atoms with Crippen LogP contribution in [0.15, 0.2) is 54.6 Å². The highest BCUT2D eigenvalue weighted by Crippen LogP contribution is 2.19. The Morgan fingerprint density at radius 2 is 1.52 bits per heavy atom. The summed E-state index contributed by atoms with van der Waals surface area (Å²) in [6.45, 7) is 1.73. The average Bonchev–Trinajstić information content (AvgIpc) is 2.61. The van der Waals surface area contributed by atoms with Crippen LogP contribution in [0.1, 0.15) is 34.5 Å². The molecule has 0 aliphatic rings. The maximum absolute atomic E-state index is 12.3. The number of aliphatic hydroxyl groups excluding tert-OH is 2. The molecule has 0 spiro atoms. The number of ketones is 1. The molecule has 2 unspecified atom stereocenters. The first-order valence-corrected chi connectivity index (χ1v) is 7.27. The van der Waals surface area contributed by atoms with Crippen LogP contribution in [0.3, 0.4) is 0 Å². The first-order chi connectivity index (χ1) is 11.0. The summed E-state index contributed by atoms with van der Waals surface area (Å²) in [5.74, 6) is -1.03. The Labute approximate surface area is 134 Å². The largest absolute Gasteiger partial charge is 0.464 e.